The Morgan fingerprint density at radius 1 is 1.47 bits per heavy atom. The van der Waals surface area contributed by atoms with Crippen molar-refractivity contribution in [3.05, 3.63) is 45.1 Å². The Labute approximate surface area is 95.5 Å². The normalized spacial score (nSPS) is 10.5. The molecule has 5 heteroatoms. The maximum absolute atomic E-state index is 13.1. The van der Waals surface area contributed by atoms with Gasteiger partial charge in [0.25, 0.3) is 0 Å². The number of hydrogen-bond donors (Lipinski definition) is 1. The van der Waals surface area contributed by atoms with Crippen LogP contribution in [0.5, 0.6) is 0 Å². The van der Waals surface area contributed by atoms with E-state index in [-0.39, 0.29) is 10.8 Å². The molecular weight excluding hydrogens is 235 g/mol. The lowest BCUT2D eigenvalue weighted by atomic mass is 10.1. The smallest absolute Gasteiger partial charge is 0.125 e. The van der Waals surface area contributed by atoms with Crippen LogP contribution in [0.2, 0.25) is 5.02 Å². The molecule has 2 nitrogen and oxygen atoms in total. The Morgan fingerprint density at radius 3 is 2.93 bits per heavy atom. The maximum atomic E-state index is 13.1. The van der Waals surface area contributed by atoms with Gasteiger partial charge >= 0.3 is 0 Å². The van der Waals surface area contributed by atoms with Crippen molar-refractivity contribution in [3.63, 3.8) is 0 Å². The third-order valence-electron chi connectivity index (χ3n) is 2.01. The Bertz CT molecular complexity index is 471. The summed E-state index contributed by atoms with van der Waals surface area (Å²) in [5, 5.41) is 3.01. The van der Waals surface area contributed by atoms with Crippen LogP contribution < -0.4 is 5.73 Å². The van der Waals surface area contributed by atoms with E-state index < -0.39 is 0 Å². The van der Waals surface area contributed by atoms with Gasteiger partial charge in [0.1, 0.15) is 5.82 Å². The number of anilines is 1. The molecule has 2 N–H and O–H groups in total. The van der Waals surface area contributed by atoms with Crippen LogP contribution in [0, 0.1) is 5.82 Å². The van der Waals surface area contributed by atoms with E-state index in [9.17, 15) is 4.39 Å². The summed E-state index contributed by atoms with van der Waals surface area (Å²) in [4.78, 5) is 4.11. The third kappa shape index (κ3) is 2.27. The molecule has 1 aromatic carbocycles. The number of nitrogen functional groups attached to an aromatic ring is 1. The maximum Gasteiger partial charge on any atom is 0.125 e. The lowest BCUT2D eigenvalue weighted by Crippen LogP contribution is -1.97. The van der Waals surface area contributed by atoms with Gasteiger partial charge in [-0.05, 0) is 17.7 Å². The van der Waals surface area contributed by atoms with Crippen molar-refractivity contribution in [1.29, 1.82) is 0 Å². The van der Waals surface area contributed by atoms with E-state index in [4.69, 9.17) is 17.3 Å². The Morgan fingerprint density at radius 2 is 2.27 bits per heavy atom. The van der Waals surface area contributed by atoms with Crippen LogP contribution in [-0.2, 0) is 6.42 Å². The largest absolute Gasteiger partial charge is 0.397 e. The van der Waals surface area contributed by atoms with E-state index in [0.717, 1.165) is 5.01 Å². The molecule has 0 aliphatic rings. The van der Waals surface area contributed by atoms with Crippen molar-refractivity contribution >= 4 is 28.6 Å². The van der Waals surface area contributed by atoms with E-state index in [1.54, 1.807) is 6.20 Å². The summed E-state index contributed by atoms with van der Waals surface area (Å²) in [6, 6.07) is 2.60. The highest BCUT2D eigenvalue weighted by Crippen LogP contribution is 2.26. The second-order valence-corrected chi connectivity index (χ2v) is 4.45. The summed E-state index contributed by atoms with van der Waals surface area (Å²) in [5.41, 5.74) is 6.85. The molecule has 78 valence electrons. The van der Waals surface area contributed by atoms with Crippen molar-refractivity contribution in [3.8, 4) is 0 Å². The highest BCUT2D eigenvalue weighted by Gasteiger charge is 2.08. The van der Waals surface area contributed by atoms with E-state index >= 15 is 0 Å². The number of nitrogens with zero attached hydrogens (tertiary/aromatic N) is 1. The Balaban J connectivity index is 2.36. The van der Waals surface area contributed by atoms with Gasteiger partial charge in [0.05, 0.1) is 15.7 Å². The summed E-state index contributed by atoms with van der Waals surface area (Å²) < 4.78 is 13.1. The van der Waals surface area contributed by atoms with Gasteiger partial charge in [-0.3, -0.25) is 0 Å². The van der Waals surface area contributed by atoms with Crippen LogP contribution in [0.1, 0.15) is 10.6 Å². The first-order valence-corrected chi connectivity index (χ1v) is 5.54. The lowest BCUT2D eigenvalue weighted by Gasteiger charge is -2.05. The molecular formula is C10H8ClFN2S. The minimum absolute atomic E-state index is 0.251. The standard InChI is InChI=1S/C10H8ClFN2S/c11-8-5-7(12)3-6(10(8)13)4-9-14-1-2-15-9/h1-3,5H,4,13H2. The zero-order valence-electron chi connectivity index (χ0n) is 7.71. The predicted octanol–water partition coefficient (Wildman–Crippen LogP) is 3.11. The number of rotatable bonds is 2. The highest BCUT2D eigenvalue weighted by molar-refractivity contribution is 7.09. The second-order valence-electron chi connectivity index (χ2n) is 3.06. The van der Waals surface area contributed by atoms with Crippen LogP contribution in [0.15, 0.2) is 23.7 Å². The number of aromatic nitrogens is 1. The third-order valence-corrected chi connectivity index (χ3v) is 3.10. The number of nitrogens with two attached hydrogens (primary N) is 1. The lowest BCUT2D eigenvalue weighted by molar-refractivity contribution is 0.626. The molecule has 0 spiro atoms. The van der Waals surface area contributed by atoms with E-state index in [0.29, 0.717) is 17.7 Å². The molecule has 1 aromatic heterocycles. The fourth-order valence-electron chi connectivity index (χ4n) is 1.29. The molecule has 0 saturated heterocycles. The van der Waals surface area contributed by atoms with Gasteiger partial charge in [-0.1, -0.05) is 11.6 Å². The van der Waals surface area contributed by atoms with Gasteiger partial charge in [0.15, 0.2) is 0 Å². The monoisotopic (exact) mass is 242 g/mol. The summed E-state index contributed by atoms with van der Waals surface area (Å²) in [6.07, 6.45) is 2.22. The van der Waals surface area contributed by atoms with E-state index in [2.05, 4.69) is 4.98 Å². The van der Waals surface area contributed by atoms with Crippen LogP contribution in [0.4, 0.5) is 10.1 Å². The SMILES string of the molecule is Nc1c(Cl)cc(F)cc1Cc1nccs1. The van der Waals surface area contributed by atoms with Gasteiger partial charge in [-0.15, -0.1) is 11.3 Å². The molecule has 0 radical (unpaired) electrons. The zero-order valence-corrected chi connectivity index (χ0v) is 9.28. The summed E-state index contributed by atoms with van der Waals surface area (Å²) >= 11 is 7.28. The van der Waals surface area contributed by atoms with Crippen LogP contribution >= 0.6 is 22.9 Å². The molecule has 2 rings (SSSR count). The first-order chi connectivity index (χ1) is 7.16. The zero-order chi connectivity index (χ0) is 10.8. The molecule has 15 heavy (non-hydrogen) atoms. The molecule has 0 aliphatic carbocycles. The molecule has 0 atom stereocenters. The van der Waals surface area contributed by atoms with Crippen molar-refractivity contribution in [2.75, 3.05) is 5.73 Å². The summed E-state index contributed by atoms with van der Waals surface area (Å²) in [5.74, 6) is -0.374. The average Bonchev–Trinajstić information content (AvgIpc) is 2.66. The minimum Gasteiger partial charge on any atom is -0.397 e. The molecule has 0 saturated carbocycles. The molecule has 0 aliphatic heterocycles. The van der Waals surface area contributed by atoms with Crippen molar-refractivity contribution in [1.82, 2.24) is 4.98 Å². The van der Waals surface area contributed by atoms with Gasteiger partial charge in [0.2, 0.25) is 0 Å². The van der Waals surface area contributed by atoms with Crippen molar-refractivity contribution < 1.29 is 4.39 Å². The number of hydrogen-bond acceptors (Lipinski definition) is 3. The van der Waals surface area contributed by atoms with E-state index in [1.807, 2.05) is 5.38 Å². The molecule has 2 aromatic rings. The Hall–Kier alpha value is -1.13. The predicted molar refractivity (Wildman–Crippen MR) is 60.7 cm³/mol. The van der Waals surface area contributed by atoms with Crippen LogP contribution in [-0.4, -0.2) is 4.98 Å². The fourth-order valence-corrected chi connectivity index (χ4v) is 2.15. The molecule has 0 unspecified atom stereocenters. The molecule has 1 heterocycles. The summed E-state index contributed by atoms with van der Waals surface area (Å²) in [7, 11) is 0. The van der Waals surface area contributed by atoms with Crippen LogP contribution in [0.3, 0.4) is 0 Å². The van der Waals surface area contributed by atoms with E-state index in [1.165, 1.54) is 23.5 Å². The van der Waals surface area contributed by atoms with Crippen molar-refractivity contribution in [2.45, 2.75) is 6.42 Å². The molecule has 0 fully saturated rings. The fraction of sp³-hybridized carbons (Fsp3) is 0.100. The number of halogens is 2. The first kappa shape index (κ1) is 10.4. The minimum atomic E-state index is -0.374. The second kappa shape index (κ2) is 4.16. The van der Waals surface area contributed by atoms with Gasteiger partial charge in [-0.25, -0.2) is 9.37 Å². The molecule has 0 amide bonds. The van der Waals surface area contributed by atoms with Gasteiger partial charge in [-0.2, -0.15) is 0 Å². The summed E-state index contributed by atoms with van der Waals surface area (Å²) in [6.45, 7) is 0. The molecule has 0 bridgehead atoms. The van der Waals surface area contributed by atoms with Gasteiger partial charge in [0, 0.05) is 18.0 Å². The van der Waals surface area contributed by atoms with Crippen molar-refractivity contribution in [2.24, 2.45) is 0 Å². The van der Waals surface area contributed by atoms with Crippen LogP contribution in [0.25, 0.3) is 0 Å². The number of benzene rings is 1. The topological polar surface area (TPSA) is 38.9 Å². The average molecular weight is 243 g/mol. The van der Waals surface area contributed by atoms with Gasteiger partial charge < -0.3 is 5.73 Å². The quantitative estimate of drug-likeness (QED) is 0.822. The highest BCUT2D eigenvalue weighted by atomic mass is 35.5. The Kier molecular flexibility index (Phi) is 2.88. The first-order valence-electron chi connectivity index (χ1n) is 4.28. The number of thiazole rings is 1.